The van der Waals surface area contributed by atoms with Crippen LogP contribution in [-0.4, -0.2) is 45.1 Å². The molecule has 0 spiro atoms. The van der Waals surface area contributed by atoms with Gasteiger partial charge in [-0.15, -0.1) is 0 Å². The number of aryl methyl sites for hydroxylation is 1. The molecule has 2 heterocycles. The molecule has 1 aromatic heterocycles. The van der Waals surface area contributed by atoms with Crippen molar-refractivity contribution in [2.24, 2.45) is 5.11 Å². The minimum absolute atomic E-state index is 0.0573. The third kappa shape index (κ3) is 15.1. The Bertz CT molecular complexity index is 2070. The molecule has 0 radical (unpaired) electrons. The first kappa shape index (κ1) is 45.3. The van der Waals surface area contributed by atoms with Crippen LogP contribution in [0.15, 0.2) is 69.4 Å². The topological polar surface area (TPSA) is 257 Å². The summed E-state index contributed by atoms with van der Waals surface area (Å²) < 4.78 is 65.5. The van der Waals surface area contributed by atoms with E-state index in [4.69, 9.17) is 37.6 Å². The van der Waals surface area contributed by atoms with Crippen LogP contribution in [0.4, 0.5) is 0 Å². The molecule has 1 saturated heterocycles. The number of esters is 2. The zero-order valence-corrected chi connectivity index (χ0v) is 33.6. The van der Waals surface area contributed by atoms with Crippen molar-refractivity contribution in [3.05, 3.63) is 103 Å². The molecule has 2 N–H and O–H groups in total. The smallest absolute Gasteiger partial charge is 0.427 e. The average Bonchev–Trinajstić information content (AvgIpc) is 3.56. The Kier molecular flexibility index (Phi) is 17.4. The van der Waals surface area contributed by atoms with Crippen molar-refractivity contribution >= 4 is 27.6 Å². The number of unbranched alkanes of at least 4 members (excludes halogenated alkanes) is 6. The van der Waals surface area contributed by atoms with Gasteiger partial charge in [-0.1, -0.05) is 74.8 Å². The Morgan fingerprint density at radius 2 is 1.51 bits per heavy atom. The number of ether oxygens (including phenoxy) is 3. The summed E-state index contributed by atoms with van der Waals surface area (Å²) in [6.45, 7) is 3.23. The predicted octanol–water partition coefficient (Wildman–Crippen LogP) is 7.46. The molecule has 0 bridgehead atoms. The van der Waals surface area contributed by atoms with Crippen molar-refractivity contribution in [2.45, 2.75) is 110 Å². The molecule has 0 saturated carbocycles. The average molecular weight is 836 g/mol. The van der Waals surface area contributed by atoms with Gasteiger partial charge in [-0.3, -0.25) is 37.5 Å². The summed E-state index contributed by atoms with van der Waals surface area (Å²) in [5.41, 5.74) is 8.72. The van der Waals surface area contributed by atoms with Gasteiger partial charge < -0.3 is 19.1 Å². The number of phosphoric acid groups is 2. The maximum Gasteiger partial charge on any atom is 0.484 e. The summed E-state index contributed by atoms with van der Waals surface area (Å²) in [5.74, 6) is -0.395. The van der Waals surface area contributed by atoms with E-state index in [2.05, 4.69) is 21.9 Å². The number of hydrogen-bond acceptors (Lipinski definition) is 14. The molecule has 310 valence electrons. The lowest BCUT2D eigenvalue weighted by Gasteiger charge is -2.22. The summed E-state index contributed by atoms with van der Waals surface area (Å²) in [6, 6.07) is 11.0. The Morgan fingerprint density at radius 1 is 0.930 bits per heavy atom. The first-order valence-corrected chi connectivity index (χ1v) is 21.3. The van der Waals surface area contributed by atoms with E-state index in [0.29, 0.717) is 11.1 Å². The van der Waals surface area contributed by atoms with Crippen LogP contribution in [0.3, 0.4) is 0 Å². The molecule has 4 rings (SSSR count). The van der Waals surface area contributed by atoms with Crippen LogP contribution in [0.1, 0.15) is 94.6 Å². The molecule has 3 aromatic rings. The number of H-pyrrole nitrogens is 1. The lowest BCUT2D eigenvalue weighted by molar-refractivity contribution is -0.134. The largest absolute Gasteiger partial charge is 0.484 e. The van der Waals surface area contributed by atoms with Gasteiger partial charge in [0, 0.05) is 36.4 Å². The molecule has 2 aromatic carbocycles. The summed E-state index contributed by atoms with van der Waals surface area (Å²) >= 11 is 0. The number of benzene rings is 2. The standard InChI is InChI=1S/C36H47N5O14P2/c1-4-5-6-7-8-9-10-11-34(43)53-30-18-14-28(15-19-30)23-51-57(48,50-22-27-12-16-29(17-13-27)52-26(3)42)55-56(46,47)49-24-32-31(39-40-37)20-33(54-32)41-21-25(2)35(44)38-36(41)45/h12-19,21,31-33H,4-11,20,22-24H2,1-3H3,(H,46,47)(H,38,44,45)/t31?,32-,33-,57?/m1/s1. The molecule has 1 aliphatic rings. The van der Waals surface area contributed by atoms with E-state index in [9.17, 15) is 33.2 Å². The first-order chi connectivity index (χ1) is 27.2. The molecular formula is C36H47N5O14P2. The highest BCUT2D eigenvalue weighted by Gasteiger charge is 2.42. The van der Waals surface area contributed by atoms with Crippen LogP contribution in [0.2, 0.25) is 0 Å². The van der Waals surface area contributed by atoms with E-state index in [1.165, 1.54) is 87.8 Å². The molecule has 3 unspecified atom stereocenters. The number of azide groups is 1. The maximum atomic E-state index is 13.9. The van der Waals surface area contributed by atoms with Gasteiger partial charge in [0.1, 0.15) is 17.7 Å². The molecule has 0 aliphatic carbocycles. The van der Waals surface area contributed by atoms with Crippen molar-refractivity contribution in [1.29, 1.82) is 0 Å². The Morgan fingerprint density at radius 3 is 2.09 bits per heavy atom. The summed E-state index contributed by atoms with van der Waals surface area (Å²) in [6.07, 6.45) is 6.69. The Balaban J connectivity index is 1.40. The highest BCUT2D eigenvalue weighted by molar-refractivity contribution is 7.61. The Labute approximate surface area is 328 Å². The van der Waals surface area contributed by atoms with Crippen LogP contribution in [0.5, 0.6) is 11.5 Å². The number of nitrogens with zero attached hydrogens (tertiary/aromatic N) is 4. The van der Waals surface area contributed by atoms with Crippen LogP contribution >= 0.6 is 15.6 Å². The predicted molar refractivity (Wildman–Crippen MR) is 204 cm³/mol. The maximum absolute atomic E-state index is 13.9. The lowest BCUT2D eigenvalue weighted by Crippen LogP contribution is -2.33. The van der Waals surface area contributed by atoms with Gasteiger partial charge in [0.05, 0.1) is 32.0 Å². The zero-order valence-electron chi connectivity index (χ0n) is 31.9. The number of carbonyl (C=O) groups is 2. The van der Waals surface area contributed by atoms with Crippen LogP contribution in [0, 0.1) is 6.92 Å². The second kappa shape index (κ2) is 21.9. The van der Waals surface area contributed by atoms with E-state index in [1.807, 2.05) is 0 Å². The van der Waals surface area contributed by atoms with Gasteiger partial charge in [-0.25, -0.2) is 13.9 Å². The normalized spacial score (nSPS) is 18.6. The second-order valence-electron chi connectivity index (χ2n) is 13.2. The van der Waals surface area contributed by atoms with Crippen molar-refractivity contribution in [3.63, 3.8) is 0 Å². The van der Waals surface area contributed by atoms with Gasteiger partial charge in [0.2, 0.25) is 0 Å². The van der Waals surface area contributed by atoms with Crippen LogP contribution < -0.4 is 20.7 Å². The molecule has 57 heavy (non-hydrogen) atoms. The minimum atomic E-state index is -5.30. The van der Waals surface area contributed by atoms with Crippen molar-refractivity contribution in [2.75, 3.05) is 6.61 Å². The second-order valence-corrected chi connectivity index (χ2v) is 16.4. The fraction of sp³-hybridized carbons (Fsp3) is 0.500. The van der Waals surface area contributed by atoms with Crippen molar-refractivity contribution < 1.29 is 55.7 Å². The van der Waals surface area contributed by atoms with Crippen molar-refractivity contribution in [3.8, 4) is 11.5 Å². The number of phosphoric ester groups is 2. The molecule has 1 fully saturated rings. The zero-order chi connectivity index (χ0) is 41.4. The molecule has 1 aliphatic heterocycles. The molecule has 5 atom stereocenters. The van der Waals surface area contributed by atoms with Gasteiger partial charge in [0.15, 0.2) is 0 Å². The van der Waals surface area contributed by atoms with Gasteiger partial charge in [0.25, 0.3) is 5.56 Å². The van der Waals surface area contributed by atoms with E-state index in [0.717, 1.165) is 30.3 Å². The van der Waals surface area contributed by atoms with Crippen molar-refractivity contribution in [1.82, 2.24) is 9.55 Å². The summed E-state index contributed by atoms with van der Waals surface area (Å²) in [7, 11) is -10.2. The van der Waals surface area contributed by atoms with Gasteiger partial charge in [-0.05, 0) is 54.3 Å². The number of nitrogens with one attached hydrogen (secondary N) is 1. The number of aromatic nitrogens is 2. The number of rotatable bonds is 23. The molecular weight excluding hydrogens is 788 g/mol. The third-order valence-corrected chi connectivity index (χ3v) is 11.6. The van der Waals surface area contributed by atoms with Gasteiger partial charge in [-0.2, -0.15) is 4.31 Å². The fourth-order valence-electron chi connectivity index (χ4n) is 5.62. The fourth-order valence-corrected chi connectivity index (χ4v) is 8.22. The number of hydrogen-bond donors (Lipinski definition) is 2. The quantitative estimate of drug-likeness (QED) is 0.0179. The summed E-state index contributed by atoms with van der Waals surface area (Å²) in [4.78, 5) is 63.5. The first-order valence-electron chi connectivity index (χ1n) is 18.4. The molecule has 19 nitrogen and oxygen atoms in total. The van der Waals surface area contributed by atoms with E-state index < -0.39 is 71.1 Å². The van der Waals surface area contributed by atoms with E-state index >= 15 is 0 Å². The van der Waals surface area contributed by atoms with E-state index in [-0.39, 0.29) is 35.9 Å². The number of carbonyl (C=O) groups excluding carboxylic acids is 2. The lowest BCUT2D eigenvalue weighted by atomic mass is 10.1. The van der Waals surface area contributed by atoms with Crippen LogP contribution in [-0.2, 0) is 54.6 Å². The van der Waals surface area contributed by atoms with E-state index in [1.54, 1.807) is 0 Å². The molecule has 21 heteroatoms. The van der Waals surface area contributed by atoms with Gasteiger partial charge >= 0.3 is 33.3 Å². The molecule has 0 amide bonds. The number of aromatic amines is 1. The monoisotopic (exact) mass is 835 g/mol. The Hall–Kier alpha value is -4.41. The SMILES string of the molecule is CCCCCCCCCC(=O)Oc1ccc(COP(=O)(OCc2ccc(OC(C)=O)cc2)OP(=O)(O)OC[C@H]2O[C@@H](n3cc(C)c(=O)[nH]c3=O)CC2N=[N+]=[N-])cc1. The highest BCUT2D eigenvalue weighted by Crippen LogP contribution is 2.64. The van der Waals surface area contributed by atoms with Crippen LogP contribution in [0.25, 0.3) is 10.4 Å². The summed E-state index contributed by atoms with van der Waals surface area (Å²) in [5, 5.41) is 3.64. The third-order valence-electron chi connectivity index (χ3n) is 8.57. The highest BCUT2D eigenvalue weighted by atomic mass is 31.3. The minimum Gasteiger partial charge on any atom is -0.427 e.